The fraction of sp³-hybridized carbons (Fsp3) is 0.0769. The van der Waals surface area contributed by atoms with E-state index in [1.807, 2.05) is 60.7 Å². The summed E-state index contributed by atoms with van der Waals surface area (Å²) in [6.45, 7) is 0. The highest BCUT2D eigenvalue weighted by Crippen LogP contribution is 2.28. The van der Waals surface area contributed by atoms with Crippen molar-refractivity contribution in [3.63, 3.8) is 0 Å². The van der Waals surface area contributed by atoms with Crippen LogP contribution in [-0.4, -0.2) is 4.21 Å². The Morgan fingerprint density at radius 2 is 1.38 bits per heavy atom. The zero-order valence-corrected chi connectivity index (χ0v) is 10.1. The maximum Gasteiger partial charge on any atom is 0.138 e. The molecule has 0 aliphatic rings. The van der Waals surface area contributed by atoms with Gasteiger partial charge < -0.3 is 0 Å². The fourth-order valence-electron chi connectivity index (χ4n) is 1.40. The van der Waals surface area contributed by atoms with Crippen LogP contribution in [0.3, 0.4) is 0 Å². The molecule has 2 aromatic rings. The molecule has 0 aliphatic carbocycles. The Kier molecular flexibility index (Phi) is 3.75. The first-order valence-corrected chi connectivity index (χ1v) is 6.58. The van der Waals surface area contributed by atoms with E-state index in [1.165, 1.54) is 0 Å². The number of alkyl halides is 1. The molecule has 0 unspecified atom stereocenters. The van der Waals surface area contributed by atoms with E-state index in [0.29, 0.717) is 0 Å². The molecule has 0 radical (unpaired) electrons. The van der Waals surface area contributed by atoms with Gasteiger partial charge in [0.05, 0.1) is 10.8 Å². The first-order valence-electron chi connectivity index (χ1n) is 4.93. The third-order valence-electron chi connectivity index (χ3n) is 2.23. The first kappa shape index (κ1) is 11.4. The zero-order chi connectivity index (χ0) is 11.4. The van der Waals surface area contributed by atoms with Crippen molar-refractivity contribution in [2.45, 2.75) is 9.60 Å². The van der Waals surface area contributed by atoms with E-state index in [0.717, 1.165) is 10.5 Å². The summed E-state index contributed by atoms with van der Waals surface area (Å²) in [5.74, 6) is 0. The highest BCUT2D eigenvalue weighted by molar-refractivity contribution is 7.86. The van der Waals surface area contributed by atoms with Gasteiger partial charge in [-0.2, -0.15) is 0 Å². The molecule has 16 heavy (non-hydrogen) atoms. The Balaban J connectivity index is 2.24. The fourth-order valence-corrected chi connectivity index (χ4v) is 2.92. The monoisotopic (exact) mass is 250 g/mol. The second-order valence-electron chi connectivity index (χ2n) is 3.34. The van der Waals surface area contributed by atoms with Crippen LogP contribution >= 0.6 is 11.6 Å². The molecule has 82 valence electrons. The van der Waals surface area contributed by atoms with Gasteiger partial charge in [-0.15, -0.1) is 11.6 Å². The largest absolute Gasteiger partial charge is 0.252 e. The Morgan fingerprint density at radius 1 is 0.875 bits per heavy atom. The molecular formula is C13H11ClOS. The molecule has 3 heteroatoms. The van der Waals surface area contributed by atoms with E-state index in [4.69, 9.17) is 11.6 Å². The molecule has 0 spiro atoms. The van der Waals surface area contributed by atoms with Crippen LogP contribution in [0.25, 0.3) is 0 Å². The second kappa shape index (κ2) is 5.28. The molecule has 2 atom stereocenters. The molecule has 1 nitrogen and oxygen atoms in total. The summed E-state index contributed by atoms with van der Waals surface area (Å²) in [5.41, 5.74) is 0.881. The second-order valence-corrected chi connectivity index (χ2v) is 5.57. The summed E-state index contributed by atoms with van der Waals surface area (Å²) in [7, 11) is -1.21. The van der Waals surface area contributed by atoms with Crippen molar-refractivity contribution < 1.29 is 4.21 Å². The van der Waals surface area contributed by atoms with Gasteiger partial charge in [0.15, 0.2) is 0 Å². The molecule has 0 heterocycles. The third-order valence-corrected chi connectivity index (χ3v) is 4.35. The lowest BCUT2D eigenvalue weighted by molar-refractivity contribution is 0.681. The summed E-state index contributed by atoms with van der Waals surface area (Å²) >= 11 is 6.19. The Labute approximate surface area is 103 Å². The highest BCUT2D eigenvalue weighted by atomic mass is 35.5. The van der Waals surface area contributed by atoms with Crippen molar-refractivity contribution in [1.82, 2.24) is 0 Å². The summed E-state index contributed by atoms with van der Waals surface area (Å²) < 4.78 is 11.6. The van der Waals surface area contributed by atoms with Crippen molar-refractivity contribution in [1.29, 1.82) is 0 Å². The normalized spacial score (nSPS) is 14.3. The minimum atomic E-state index is -1.21. The van der Waals surface area contributed by atoms with Gasteiger partial charge in [0, 0.05) is 4.90 Å². The van der Waals surface area contributed by atoms with Gasteiger partial charge in [0.1, 0.15) is 4.71 Å². The first-order chi connectivity index (χ1) is 7.79. The Hall–Kier alpha value is -1.12. The molecule has 2 aromatic carbocycles. The van der Waals surface area contributed by atoms with Gasteiger partial charge in [-0.3, -0.25) is 4.21 Å². The van der Waals surface area contributed by atoms with E-state index >= 15 is 0 Å². The van der Waals surface area contributed by atoms with Crippen LogP contribution in [0.2, 0.25) is 0 Å². The molecule has 0 aromatic heterocycles. The Morgan fingerprint density at radius 3 is 1.94 bits per heavy atom. The maximum absolute atomic E-state index is 12.1. The number of hydrogen-bond acceptors (Lipinski definition) is 1. The smallest absolute Gasteiger partial charge is 0.138 e. The van der Waals surface area contributed by atoms with Gasteiger partial charge >= 0.3 is 0 Å². The maximum atomic E-state index is 12.1. The van der Waals surface area contributed by atoms with Crippen molar-refractivity contribution in [3.8, 4) is 0 Å². The number of halogens is 1. The molecule has 0 bridgehead atoms. The van der Waals surface area contributed by atoms with Crippen LogP contribution < -0.4 is 0 Å². The lowest BCUT2D eigenvalue weighted by Crippen LogP contribution is -2.00. The molecule has 0 fully saturated rings. The van der Waals surface area contributed by atoms with Gasteiger partial charge in [0.25, 0.3) is 0 Å². The van der Waals surface area contributed by atoms with Crippen molar-refractivity contribution in [2.24, 2.45) is 0 Å². The molecule has 0 saturated heterocycles. The van der Waals surface area contributed by atoms with Gasteiger partial charge in [-0.05, 0) is 17.7 Å². The summed E-state index contributed by atoms with van der Waals surface area (Å²) in [6, 6.07) is 18.8. The lowest BCUT2D eigenvalue weighted by Gasteiger charge is -2.09. The molecule has 0 aliphatic heterocycles. The molecule has 2 rings (SSSR count). The van der Waals surface area contributed by atoms with Gasteiger partial charge in [-0.25, -0.2) is 0 Å². The highest BCUT2D eigenvalue weighted by Gasteiger charge is 2.16. The van der Waals surface area contributed by atoms with Crippen molar-refractivity contribution in [2.75, 3.05) is 0 Å². The topological polar surface area (TPSA) is 17.1 Å². The third kappa shape index (κ3) is 2.52. The predicted molar refractivity (Wildman–Crippen MR) is 67.9 cm³/mol. The zero-order valence-electron chi connectivity index (χ0n) is 8.55. The molecule has 0 N–H and O–H groups in total. The average molecular weight is 251 g/mol. The van der Waals surface area contributed by atoms with E-state index in [2.05, 4.69) is 0 Å². The van der Waals surface area contributed by atoms with Crippen LogP contribution in [0.1, 0.15) is 10.3 Å². The molecule has 0 amide bonds. The van der Waals surface area contributed by atoms with E-state index in [-0.39, 0.29) is 0 Å². The number of rotatable bonds is 3. The summed E-state index contributed by atoms with van der Waals surface area (Å²) in [6.07, 6.45) is 0. The van der Waals surface area contributed by atoms with Crippen LogP contribution in [0, 0.1) is 0 Å². The number of hydrogen-bond donors (Lipinski definition) is 0. The van der Waals surface area contributed by atoms with Gasteiger partial charge in [-0.1, -0.05) is 48.5 Å². The minimum Gasteiger partial charge on any atom is -0.252 e. The van der Waals surface area contributed by atoms with Crippen molar-refractivity contribution in [3.05, 3.63) is 66.2 Å². The number of benzene rings is 2. The quantitative estimate of drug-likeness (QED) is 0.759. The van der Waals surface area contributed by atoms with E-state index in [1.54, 1.807) is 0 Å². The van der Waals surface area contributed by atoms with Gasteiger partial charge in [0.2, 0.25) is 0 Å². The van der Waals surface area contributed by atoms with Crippen LogP contribution in [-0.2, 0) is 10.8 Å². The molecular weight excluding hydrogens is 240 g/mol. The Bertz CT molecular complexity index is 470. The van der Waals surface area contributed by atoms with Crippen LogP contribution in [0.5, 0.6) is 0 Å². The SMILES string of the molecule is O=[S@](c1ccccc1)[C@@H](Cl)c1ccccc1. The standard InChI is InChI=1S/C13H11ClOS/c14-13(11-7-3-1-4-8-11)16(15)12-9-5-2-6-10-12/h1-10,13H/t13-,16-/m1/s1. The summed E-state index contributed by atoms with van der Waals surface area (Å²) in [4.78, 5) is 0.756. The lowest BCUT2D eigenvalue weighted by atomic mass is 10.2. The van der Waals surface area contributed by atoms with E-state index in [9.17, 15) is 4.21 Å². The van der Waals surface area contributed by atoms with E-state index < -0.39 is 15.5 Å². The molecule has 0 saturated carbocycles. The van der Waals surface area contributed by atoms with Crippen LogP contribution in [0.15, 0.2) is 65.6 Å². The summed E-state index contributed by atoms with van der Waals surface area (Å²) in [5, 5.41) is 0. The predicted octanol–water partition coefficient (Wildman–Crippen LogP) is 3.73. The van der Waals surface area contributed by atoms with Crippen molar-refractivity contribution >= 4 is 22.4 Å². The average Bonchev–Trinajstić information content (AvgIpc) is 2.39. The minimum absolute atomic E-state index is 0.497. The van der Waals surface area contributed by atoms with Crippen LogP contribution in [0.4, 0.5) is 0 Å².